The fourth-order valence-corrected chi connectivity index (χ4v) is 4.90. The zero-order chi connectivity index (χ0) is 21.6. The van der Waals surface area contributed by atoms with Crippen LogP contribution < -0.4 is 4.90 Å². The van der Waals surface area contributed by atoms with E-state index in [9.17, 15) is 15.3 Å². The van der Waals surface area contributed by atoms with Gasteiger partial charge in [0.1, 0.15) is 11.8 Å². The Morgan fingerprint density at radius 2 is 1.77 bits per heavy atom. The Labute approximate surface area is 180 Å². The molecule has 0 radical (unpaired) electrons. The first-order valence-corrected chi connectivity index (χ1v) is 10.1. The molecule has 2 aliphatic rings. The van der Waals surface area contributed by atoms with E-state index < -0.39 is 23.4 Å². The maximum atomic E-state index is 13.9. The van der Waals surface area contributed by atoms with Crippen molar-refractivity contribution in [1.82, 2.24) is 0 Å². The second-order valence-corrected chi connectivity index (χ2v) is 8.03. The molecule has 1 saturated heterocycles. The minimum Gasteiger partial charge on any atom is -0.469 e. The van der Waals surface area contributed by atoms with Gasteiger partial charge in [0.15, 0.2) is 11.2 Å². The fraction of sp³-hybridized carbons (Fsp3) is 0.192. The number of aryl methyl sites for hydroxylation is 1. The predicted molar refractivity (Wildman–Crippen MR) is 116 cm³/mol. The van der Waals surface area contributed by atoms with Crippen LogP contribution in [0, 0.1) is 35.0 Å². The molecule has 3 atom stereocenters. The van der Waals surface area contributed by atoms with Crippen LogP contribution in [0.3, 0.4) is 0 Å². The topological polar surface area (TPSA) is 81.0 Å². The minimum absolute atomic E-state index is 0.135. The second-order valence-electron chi connectivity index (χ2n) is 8.03. The maximum absolute atomic E-state index is 13.9. The Bertz CT molecular complexity index is 1250. The van der Waals surface area contributed by atoms with Crippen LogP contribution in [0.5, 0.6) is 0 Å². The van der Waals surface area contributed by atoms with E-state index in [0.717, 1.165) is 16.8 Å². The highest BCUT2D eigenvalue weighted by atomic mass is 16.3. The van der Waals surface area contributed by atoms with Gasteiger partial charge in [-0.2, -0.15) is 10.5 Å². The number of benzene rings is 2. The van der Waals surface area contributed by atoms with Gasteiger partial charge in [0.05, 0.1) is 30.4 Å². The van der Waals surface area contributed by atoms with Crippen LogP contribution in [0.25, 0.3) is 6.08 Å². The fourth-order valence-electron chi connectivity index (χ4n) is 4.90. The molecule has 1 aromatic heterocycles. The van der Waals surface area contributed by atoms with E-state index in [1.54, 1.807) is 24.3 Å². The van der Waals surface area contributed by atoms with E-state index in [1.807, 2.05) is 60.4 Å². The molecule has 0 spiro atoms. The lowest BCUT2D eigenvalue weighted by Crippen LogP contribution is -2.44. The molecule has 31 heavy (non-hydrogen) atoms. The number of nitriles is 2. The minimum atomic E-state index is -1.48. The Hall–Kier alpha value is -4.09. The largest absolute Gasteiger partial charge is 0.469 e. The molecule has 0 aliphatic carbocycles. The highest BCUT2D eigenvalue weighted by Crippen LogP contribution is 2.55. The normalized spacial score (nSPS) is 22.8. The Morgan fingerprint density at radius 1 is 1.03 bits per heavy atom. The van der Waals surface area contributed by atoms with Gasteiger partial charge in [0.2, 0.25) is 0 Å². The molecule has 150 valence electrons. The van der Waals surface area contributed by atoms with Gasteiger partial charge in [-0.25, -0.2) is 0 Å². The van der Waals surface area contributed by atoms with Crippen molar-refractivity contribution in [3.05, 3.63) is 95.5 Å². The van der Waals surface area contributed by atoms with Gasteiger partial charge in [0, 0.05) is 11.3 Å². The van der Waals surface area contributed by atoms with Crippen molar-refractivity contribution >= 4 is 17.5 Å². The Balaban J connectivity index is 1.77. The van der Waals surface area contributed by atoms with Crippen molar-refractivity contribution in [2.45, 2.75) is 24.9 Å². The van der Waals surface area contributed by atoms with E-state index in [1.165, 1.54) is 6.26 Å². The van der Waals surface area contributed by atoms with Crippen LogP contribution >= 0.6 is 0 Å². The predicted octanol–water partition coefficient (Wildman–Crippen LogP) is 4.87. The third-order valence-electron chi connectivity index (χ3n) is 6.37. The summed E-state index contributed by atoms with van der Waals surface area (Å²) in [6.07, 6.45) is 5.31. The number of hydrogen-bond acceptors (Lipinski definition) is 5. The van der Waals surface area contributed by atoms with Crippen LogP contribution in [-0.4, -0.2) is 17.9 Å². The summed E-state index contributed by atoms with van der Waals surface area (Å²) in [6, 6.07) is 21.8. The van der Waals surface area contributed by atoms with E-state index in [4.69, 9.17) is 4.42 Å². The van der Waals surface area contributed by atoms with E-state index in [0.29, 0.717) is 11.3 Å². The number of furan rings is 1. The summed E-state index contributed by atoms with van der Waals surface area (Å²) in [7, 11) is 0. The molecule has 5 heteroatoms. The van der Waals surface area contributed by atoms with Crippen molar-refractivity contribution in [3.8, 4) is 12.1 Å². The molecule has 1 unspecified atom stereocenters. The molecule has 0 amide bonds. The number of nitrogens with zero attached hydrogens (tertiary/aromatic N) is 3. The molecule has 0 N–H and O–H groups in total. The van der Waals surface area contributed by atoms with E-state index >= 15 is 0 Å². The van der Waals surface area contributed by atoms with Crippen LogP contribution in [0.1, 0.15) is 33.2 Å². The first-order valence-electron chi connectivity index (χ1n) is 10.1. The monoisotopic (exact) mass is 405 g/mol. The van der Waals surface area contributed by atoms with E-state index in [2.05, 4.69) is 12.1 Å². The molecule has 3 heterocycles. The van der Waals surface area contributed by atoms with Crippen molar-refractivity contribution in [2.24, 2.45) is 5.41 Å². The lowest BCUT2D eigenvalue weighted by molar-refractivity contribution is 0.0946. The van der Waals surface area contributed by atoms with Crippen molar-refractivity contribution in [2.75, 3.05) is 4.90 Å². The highest BCUT2D eigenvalue weighted by molar-refractivity contribution is 6.04. The summed E-state index contributed by atoms with van der Waals surface area (Å²) in [5.41, 5.74) is 1.91. The molecule has 2 aromatic carbocycles. The Morgan fingerprint density at radius 3 is 2.45 bits per heavy atom. The maximum Gasteiger partial charge on any atom is 0.186 e. The summed E-state index contributed by atoms with van der Waals surface area (Å²) < 4.78 is 5.70. The van der Waals surface area contributed by atoms with Gasteiger partial charge in [-0.3, -0.25) is 4.79 Å². The van der Waals surface area contributed by atoms with Crippen LogP contribution in [0.2, 0.25) is 0 Å². The van der Waals surface area contributed by atoms with Crippen LogP contribution in [-0.2, 0) is 0 Å². The molecule has 2 aliphatic heterocycles. The van der Waals surface area contributed by atoms with E-state index in [-0.39, 0.29) is 5.78 Å². The number of carbonyl (C=O) groups is 1. The quantitative estimate of drug-likeness (QED) is 0.581. The third kappa shape index (κ3) is 2.64. The molecule has 3 aromatic rings. The molecule has 5 nitrogen and oxygen atoms in total. The van der Waals surface area contributed by atoms with Crippen molar-refractivity contribution in [1.29, 1.82) is 10.5 Å². The van der Waals surface area contributed by atoms with Crippen molar-refractivity contribution in [3.63, 3.8) is 0 Å². The SMILES string of the molecule is Cc1ccc(C(=O)[C@@H]2[C@@H](c3ccco3)C(C#N)(C#N)C3C=Cc4ccccc4N32)cc1. The lowest BCUT2D eigenvalue weighted by atomic mass is 9.71. The third-order valence-corrected chi connectivity index (χ3v) is 6.37. The number of rotatable bonds is 3. The van der Waals surface area contributed by atoms with Crippen LogP contribution in [0.15, 0.2) is 77.4 Å². The number of fused-ring (bicyclic) bond motifs is 3. The second kappa shape index (κ2) is 7.00. The van der Waals surface area contributed by atoms with Crippen LogP contribution in [0.4, 0.5) is 5.69 Å². The number of hydrogen-bond donors (Lipinski definition) is 0. The zero-order valence-electron chi connectivity index (χ0n) is 16.9. The molecule has 1 fully saturated rings. The summed E-state index contributed by atoms with van der Waals surface area (Å²) in [5.74, 6) is -0.412. The summed E-state index contributed by atoms with van der Waals surface area (Å²) in [6.45, 7) is 1.97. The Kier molecular flexibility index (Phi) is 4.27. The smallest absolute Gasteiger partial charge is 0.186 e. The number of Topliss-reactive ketones (excluding diaryl/α,β-unsaturated/α-hetero) is 1. The number of para-hydroxylation sites is 1. The first kappa shape index (κ1) is 18.9. The summed E-state index contributed by atoms with van der Waals surface area (Å²) >= 11 is 0. The van der Waals surface area contributed by atoms with Gasteiger partial charge in [-0.15, -0.1) is 0 Å². The number of carbonyl (C=O) groups excluding carboxylic acids is 1. The molecule has 5 rings (SSSR count). The van der Waals surface area contributed by atoms with Gasteiger partial charge in [-0.1, -0.05) is 60.2 Å². The zero-order valence-corrected chi connectivity index (χ0v) is 16.9. The number of anilines is 1. The summed E-state index contributed by atoms with van der Waals surface area (Å²) in [5, 5.41) is 20.6. The average Bonchev–Trinajstić information content (AvgIpc) is 3.43. The van der Waals surface area contributed by atoms with Gasteiger partial charge >= 0.3 is 0 Å². The summed E-state index contributed by atoms with van der Waals surface area (Å²) in [4.78, 5) is 15.9. The van der Waals surface area contributed by atoms with Gasteiger partial charge in [-0.05, 0) is 30.7 Å². The lowest BCUT2D eigenvalue weighted by Gasteiger charge is -2.35. The molecular formula is C26H19N3O2. The molecular weight excluding hydrogens is 386 g/mol. The van der Waals surface area contributed by atoms with Gasteiger partial charge in [0.25, 0.3) is 0 Å². The number of ketones is 1. The first-order chi connectivity index (χ1) is 15.1. The molecule has 0 bridgehead atoms. The highest BCUT2D eigenvalue weighted by Gasteiger charge is 2.64. The van der Waals surface area contributed by atoms with Gasteiger partial charge < -0.3 is 9.32 Å². The average molecular weight is 405 g/mol. The molecule has 0 saturated carbocycles. The van der Waals surface area contributed by atoms with Crippen molar-refractivity contribution < 1.29 is 9.21 Å². The standard InChI is InChI=1S/C26H19N3O2/c1-17-8-10-19(11-9-17)25(30)24-23(21-7-4-14-31-21)26(15-27,16-28)22-13-12-18-5-2-3-6-20(18)29(22)24/h2-14,22-24H,1H3/t22?,23-,24+/m1/s1.